The normalized spacial score (nSPS) is 22.6. The summed E-state index contributed by atoms with van der Waals surface area (Å²) in [6.07, 6.45) is -2.42. The van der Waals surface area contributed by atoms with Crippen molar-refractivity contribution >= 4 is 18.3 Å². The van der Waals surface area contributed by atoms with Gasteiger partial charge in [-0.1, -0.05) is 38.5 Å². The molecule has 2 rings (SSSR count). The monoisotopic (exact) mass is 419 g/mol. The molecule has 1 aromatic rings. The third kappa shape index (κ3) is 4.96. The number of halogens is 2. The van der Waals surface area contributed by atoms with Crippen LogP contribution >= 0.6 is 0 Å². The van der Waals surface area contributed by atoms with Gasteiger partial charge >= 0.3 is 0 Å². The first-order chi connectivity index (χ1) is 12.3. The van der Waals surface area contributed by atoms with Crippen LogP contribution in [-0.2, 0) is 14.4 Å². The van der Waals surface area contributed by atoms with E-state index in [-0.39, 0.29) is 29.5 Å². The number of hydrogen-bond donors (Lipinski definition) is 0. The van der Waals surface area contributed by atoms with Crippen LogP contribution in [0.2, 0.25) is 18.1 Å². The van der Waals surface area contributed by atoms with Crippen LogP contribution in [0.25, 0.3) is 0 Å². The van der Waals surface area contributed by atoms with Gasteiger partial charge in [-0.2, -0.15) is 4.31 Å². The second kappa shape index (κ2) is 7.89. The Morgan fingerprint density at radius 3 is 2.26 bits per heavy atom. The van der Waals surface area contributed by atoms with E-state index < -0.39 is 36.7 Å². The molecule has 2 atom stereocenters. The summed E-state index contributed by atoms with van der Waals surface area (Å²) in [6, 6.07) is 5.94. The first-order valence-corrected chi connectivity index (χ1v) is 13.6. The van der Waals surface area contributed by atoms with E-state index in [0.29, 0.717) is 0 Å². The summed E-state index contributed by atoms with van der Waals surface area (Å²) in [5.41, 5.74) is 0.943. The third-order valence-electron chi connectivity index (χ3n) is 5.82. The molecule has 1 aliphatic heterocycles. The molecule has 1 heterocycles. The largest absolute Gasteiger partial charge is 0.415 e. The summed E-state index contributed by atoms with van der Waals surface area (Å²) >= 11 is 0. The first-order valence-electron chi connectivity index (χ1n) is 9.26. The van der Waals surface area contributed by atoms with E-state index >= 15 is 0 Å². The van der Waals surface area contributed by atoms with Gasteiger partial charge in [-0.25, -0.2) is 17.2 Å². The van der Waals surface area contributed by atoms with Crippen molar-refractivity contribution in [1.82, 2.24) is 4.31 Å². The van der Waals surface area contributed by atoms with Gasteiger partial charge in [0.2, 0.25) is 16.4 Å². The summed E-state index contributed by atoms with van der Waals surface area (Å²) in [6.45, 7) is 12.3. The van der Waals surface area contributed by atoms with Crippen molar-refractivity contribution in [3.8, 4) is 0 Å². The van der Waals surface area contributed by atoms with Crippen LogP contribution in [0.15, 0.2) is 29.2 Å². The molecular formula is C19H31F2NO3SSi. The number of rotatable bonds is 6. The summed E-state index contributed by atoms with van der Waals surface area (Å²) < 4.78 is 60.2. The Bertz CT molecular complexity index is 745. The van der Waals surface area contributed by atoms with Crippen molar-refractivity contribution in [1.29, 1.82) is 0 Å². The third-order valence-corrected chi connectivity index (χ3v) is 12.3. The van der Waals surface area contributed by atoms with Crippen LogP contribution in [0.1, 0.15) is 32.8 Å². The van der Waals surface area contributed by atoms with E-state index in [1.807, 2.05) is 6.92 Å². The highest BCUT2D eigenvalue weighted by molar-refractivity contribution is 7.89. The first kappa shape index (κ1) is 22.5. The molecule has 27 heavy (non-hydrogen) atoms. The van der Waals surface area contributed by atoms with Crippen LogP contribution < -0.4 is 0 Å². The Hall–Kier alpha value is -0.833. The molecule has 0 unspecified atom stereocenters. The van der Waals surface area contributed by atoms with Crippen LogP contribution in [-0.4, -0.2) is 46.7 Å². The fraction of sp³-hybridized carbons (Fsp3) is 0.684. The molecule has 1 fully saturated rings. The molecule has 154 valence electrons. The second-order valence-corrected chi connectivity index (χ2v) is 15.6. The number of alkyl halides is 2. The molecule has 0 bridgehead atoms. The average molecular weight is 420 g/mol. The van der Waals surface area contributed by atoms with Crippen molar-refractivity contribution in [3.05, 3.63) is 29.8 Å². The number of benzene rings is 1. The summed E-state index contributed by atoms with van der Waals surface area (Å²) in [7, 11) is -5.94. The Morgan fingerprint density at radius 2 is 1.78 bits per heavy atom. The zero-order valence-corrected chi connectivity index (χ0v) is 18.8. The lowest BCUT2D eigenvalue weighted by molar-refractivity contribution is 0.0835. The number of nitrogens with zero attached hydrogens (tertiary/aromatic N) is 1. The minimum Gasteiger partial charge on any atom is -0.415 e. The Kier molecular flexibility index (Phi) is 6.56. The van der Waals surface area contributed by atoms with E-state index in [9.17, 15) is 17.2 Å². The summed E-state index contributed by atoms with van der Waals surface area (Å²) in [4.78, 5) is 0.139. The maximum absolute atomic E-state index is 13.3. The molecule has 4 nitrogen and oxygen atoms in total. The van der Waals surface area contributed by atoms with Crippen LogP contribution in [0.5, 0.6) is 0 Å². The van der Waals surface area contributed by atoms with E-state index in [4.69, 9.17) is 4.43 Å². The number of sulfonamides is 1. The lowest BCUT2D eigenvalue weighted by atomic mass is 10.1. The van der Waals surface area contributed by atoms with Crippen molar-refractivity contribution in [2.24, 2.45) is 5.92 Å². The molecule has 1 saturated heterocycles. The molecule has 0 radical (unpaired) electrons. The molecule has 1 aromatic carbocycles. The van der Waals surface area contributed by atoms with Crippen LogP contribution in [0.3, 0.4) is 0 Å². The van der Waals surface area contributed by atoms with Crippen molar-refractivity contribution < 1.29 is 21.6 Å². The topological polar surface area (TPSA) is 46.6 Å². The van der Waals surface area contributed by atoms with Gasteiger partial charge in [-0.05, 0) is 43.6 Å². The van der Waals surface area contributed by atoms with E-state index in [2.05, 4.69) is 33.9 Å². The molecule has 8 heteroatoms. The van der Waals surface area contributed by atoms with Gasteiger partial charge in [0, 0.05) is 18.5 Å². The maximum atomic E-state index is 13.3. The SMILES string of the molecule is Cc1ccc(S(=O)(=O)N2C[C@@H](C(F)F)C[C@H]2CO[Si](C)(C)C(C)(C)C)cc1. The Labute approximate surface area is 163 Å². The average Bonchev–Trinajstić information content (AvgIpc) is 2.98. The number of hydrogen-bond acceptors (Lipinski definition) is 3. The number of aryl methyl sites for hydroxylation is 1. The van der Waals surface area contributed by atoms with E-state index in [1.54, 1.807) is 12.1 Å². The van der Waals surface area contributed by atoms with Crippen molar-refractivity contribution in [2.45, 2.75) is 69.6 Å². The predicted molar refractivity (Wildman–Crippen MR) is 106 cm³/mol. The quantitative estimate of drug-likeness (QED) is 0.630. The molecule has 0 saturated carbocycles. The molecule has 0 amide bonds. The van der Waals surface area contributed by atoms with E-state index in [1.165, 1.54) is 16.4 Å². The minimum atomic E-state index is -3.84. The van der Waals surface area contributed by atoms with Gasteiger partial charge in [0.15, 0.2) is 8.32 Å². The van der Waals surface area contributed by atoms with Crippen molar-refractivity contribution in [3.63, 3.8) is 0 Å². The van der Waals surface area contributed by atoms with Gasteiger partial charge < -0.3 is 4.43 Å². The highest BCUT2D eigenvalue weighted by Crippen LogP contribution is 2.38. The molecule has 1 aliphatic rings. The molecule has 0 N–H and O–H groups in total. The zero-order valence-electron chi connectivity index (χ0n) is 17.0. The van der Waals surface area contributed by atoms with Crippen LogP contribution in [0, 0.1) is 12.8 Å². The Balaban J connectivity index is 2.27. The van der Waals surface area contributed by atoms with Gasteiger partial charge in [0.1, 0.15) is 0 Å². The Morgan fingerprint density at radius 1 is 1.22 bits per heavy atom. The fourth-order valence-electron chi connectivity index (χ4n) is 2.92. The standard InChI is InChI=1S/C19H31F2NO3SSi/c1-14-7-9-17(10-8-14)26(23,24)22-12-15(18(20)21)11-16(22)13-25-27(5,6)19(2,3)4/h7-10,15-16,18H,11-13H2,1-6H3/t15-,16-/m0/s1. The summed E-state index contributed by atoms with van der Waals surface area (Å²) in [5.74, 6) is -0.960. The molecule has 0 spiro atoms. The van der Waals surface area contributed by atoms with Gasteiger partial charge in [-0.3, -0.25) is 0 Å². The lowest BCUT2D eigenvalue weighted by Crippen LogP contribution is -2.45. The van der Waals surface area contributed by atoms with Gasteiger partial charge in [-0.15, -0.1) is 0 Å². The lowest BCUT2D eigenvalue weighted by Gasteiger charge is -2.37. The smallest absolute Gasteiger partial charge is 0.243 e. The predicted octanol–water partition coefficient (Wildman–Crippen LogP) is 4.66. The zero-order chi connectivity index (χ0) is 20.6. The summed E-state index contributed by atoms with van der Waals surface area (Å²) in [5, 5.41) is -0.0334. The van der Waals surface area contributed by atoms with Crippen molar-refractivity contribution in [2.75, 3.05) is 13.2 Å². The highest BCUT2D eigenvalue weighted by Gasteiger charge is 2.45. The van der Waals surface area contributed by atoms with Gasteiger partial charge in [0.05, 0.1) is 11.5 Å². The molecule has 0 aromatic heterocycles. The van der Waals surface area contributed by atoms with Gasteiger partial charge in [0.25, 0.3) is 0 Å². The highest BCUT2D eigenvalue weighted by atomic mass is 32.2. The maximum Gasteiger partial charge on any atom is 0.243 e. The molecule has 0 aliphatic carbocycles. The van der Waals surface area contributed by atoms with Crippen LogP contribution in [0.4, 0.5) is 8.78 Å². The second-order valence-electron chi connectivity index (χ2n) is 8.94. The fourth-order valence-corrected chi connectivity index (χ4v) is 5.64. The minimum absolute atomic E-state index is 0.0334. The van der Waals surface area contributed by atoms with E-state index in [0.717, 1.165) is 5.56 Å². The molecular weight excluding hydrogens is 388 g/mol.